The summed E-state index contributed by atoms with van der Waals surface area (Å²) in [4.78, 5) is 25.3. The number of thiophene rings is 1. The summed E-state index contributed by atoms with van der Waals surface area (Å²) < 4.78 is 12.8. The predicted molar refractivity (Wildman–Crippen MR) is 126 cm³/mol. The Morgan fingerprint density at radius 2 is 2.00 bits per heavy atom. The Kier molecular flexibility index (Phi) is 7.92. The highest BCUT2D eigenvalue weighted by Crippen LogP contribution is 2.29. The SMILES string of the molecule is CCn1c(SCC(=O)Nc2sc(C)cc2C(=O)OC)nnc1C(C)Oc1ccccc1C. The van der Waals surface area contributed by atoms with Crippen LogP contribution in [0.2, 0.25) is 0 Å². The molecule has 1 atom stereocenters. The fraction of sp³-hybridized carbons (Fsp3) is 0.364. The molecule has 0 radical (unpaired) electrons. The number of nitrogens with one attached hydrogen (secondary N) is 1. The van der Waals surface area contributed by atoms with Crippen molar-refractivity contribution in [2.45, 2.75) is 45.5 Å². The second-order valence-corrected chi connectivity index (χ2v) is 9.24. The number of methoxy groups -OCH3 is 1. The number of aromatic nitrogens is 3. The normalized spacial score (nSPS) is 11.8. The highest BCUT2D eigenvalue weighted by atomic mass is 32.2. The first-order valence-corrected chi connectivity index (χ1v) is 11.9. The Morgan fingerprint density at radius 3 is 2.69 bits per heavy atom. The molecular weight excluding hydrogens is 448 g/mol. The molecular formula is C22H26N4O4S2. The monoisotopic (exact) mass is 474 g/mol. The molecule has 2 aromatic heterocycles. The van der Waals surface area contributed by atoms with E-state index in [2.05, 4.69) is 15.5 Å². The van der Waals surface area contributed by atoms with Crippen molar-refractivity contribution in [3.63, 3.8) is 0 Å². The Bertz CT molecular complexity index is 1110. The maximum Gasteiger partial charge on any atom is 0.340 e. The van der Waals surface area contributed by atoms with Crippen LogP contribution >= 0.6 is 23.1 Å². The summed E-state index contributed by atoms with van der Waals surface area (Å²) in [5.74, 6) is 0.907. The summed E-state index contributed by atoms with van der Waals surface area (Å²) >= 11 is 2.62. The first-order chi connectivity index (χ1) is 15.3. The van der Waals surface area contributed by atoms with Crippen molar-refractivity contribution >= 4 is 40.0 Å². The summed E-state index contributed by atoms with van der Waals surface area (Å²) in [6.45, 7) is 8.43. The Balaban J connectivity index is 1.66. The van der Waals surface area contributed by atoms with Gasteiger partial charge in [0.1, 0.15) is 10.8 Å². The molecule has 0 aliphatic heterocycles. The molecule has 0 fully saturated rings. The van der Waals surface area contributed by atoms with E-state index in [9.17, 15) is 9.59 Å². The fourth-order valence-electron chi connectivity index (χ4n) is 3.10. The molecule has 0 bridgehead atoms. The number of rotatable bonds is 9. The van der Waals surface area contributed by atoms with Crippen LogP contribution in [0.1, 0.15) is 46.6 Å². The summed E-state index contributed by atoms with van der Waals surface area (Å²) in [5.41, 5.74) is 1.40. The van der Waals surface area contributed by atoms with Gasteiger partial charge >= 0.3 is 5.97 Å². The number of anilines is 1. The van der Waals surface area contributed by atoms with Gasteiger partial charge in [0, 0.05) is 11.4 Å². The number of benzene rings is 1. The summed E-state index contributed by atoms with van der Waals surface area (Å²) in [6.07, 6.45) is -0.302. The second-order valence-electron chi connectivity index (χ2n) is 7.04. The van der Waals surface area contributed by atoms with E-state index in [-0.39, 0.29) is 17.8 Å². The van der Waals surface area contributed by atoms with Crippen LogP contribution in [0.4, 0.5) is 5.00 Å². The van der Waals surface area contributed by atoms with Crippen LogP contribution in [-0.4, -0.2) is 39.5 Å². The molecule has 10 heteroatoms. The maximum absolute atomic E-state index is 12.5. The van der Waals surface area contributed by atoms with Gasteiger partial charge in [0.05, 0.1) is 18.4 Å². The van der Waals surface area contributed by atoms with Crippen molar-refractivity contribution < 1.29 is 19.1 Å². The van der Waals surface area contributed by atoms with E-state index >= 15 is 0 Å². The maximum atomic E-state index is 12.5. The Labute approximate surface area is 195 Å². The molecule has 0 aliphatic rings. The lowest BCUT2D eigenvalue weighted by Crippen LogP contribution is -2.16. The van der Waals surface area contributed by atoms with E-state index in [1.54, 1.807) is 6.07 Å². The van der Waals surface area contributed by atoms with Crippen molar-refractivity contribution in [1.82, 2.24) is 14.8 Å². The quantitative estimate of drug-likeness (QED) is 0.357. The molecule has 2 heterocycles. The zero-order valence-corrected chi connectivity index (χ0v) is 20.3. The van der Waals surface area contributed by atoms with Crippen molar-refractivity contribution in [2.24, 2.45) is 0 Å². The topological polar surface area (TPSA) is 95.3 Å². The average molecular weight is 475 g/mol. The van der Waals surface area contributed by atoms with Gasteiger partial charge in [-0.15, -0.1) is 21.5 Å². The van der Waals surface area contributed by atoms with Crippen LogP contribution in [0.15, 0.2) is 35.5 Å². The Hall–Kier alpha value is -2.85. The number of carbonyl (C=O) groups excluding carboxylic acids is 2. The predicted octanol–water partition coefficient (Wildman–Crippen LogP) is 4.63. The third-order valence-corrected chi connectivity index (χ3v) is 6.60. The second kappa shape index (κ2) is 10.6. The molecule has 0 saturated carbocycles. The van der Waals surface area contributed by atoms with Crippen LogP contribution < -0.4 is 10.1 Å². The van der Waals surface area contributed by atoms with E-state index in [0.717, 1.165) is 16.2 Å². The van der Waals surface area contributed by atoms with Gasteiger partial charge in [0.15, 0.2) is 17.1 Å². The number of thioether (sulfide) groups is 1. The minimum atomic E-state index is -0.477. The zero-order valence-electron chi connectivity index (χ0n) is 18.7. The van der Waals surface area contributed by atoms with Crippen LogP contribution in [0.5, 0.6) is 5.75 Å². The number of ether oxygens (including phenoxy) is 2. The molecule has 0 saturated heterocycles. The van der Waals surface area contributed by atoms with Crippen molar-refractivity contribution in [1.29, 1.82) is 0 Å². The molecule has 170 valence electrons. The van der Waals surface area contributed by atoms with E-state index < -0.39 is 5.97 Å². The third kappa shape index (κ3) is 5.49. The van der Waals surface area contributed by atoms with Gasteiger partial charge < -0.3 is 19.4 Å². The largest absolute Gasteiger partial charge is 0.482 e. The third-order valence-electron chi connectivity index (χ3n) is 4.67. The zero-order chi connectivity index (χ0) is 23.3. The van der Waals surface area contributed by atoms with E-state index in [4.69, 9.17) is 9.47 Å². The minimum absolute atomic E-state index is 0.128. The lowest BCUT2D eigenvalue weighted by atomic mass is 10.2. The standard InChI is InChI=1S/C22H26N4O4S2/c1-6-26-19(15(4)30-17-10-8-7-9-13(17)2)24-25-22(26)31-12-18(27)23-20-16(21(28)29-5)11-14(3)32-20/h7-11,15H,6,12H2,1-5H3,(H,23,27). The minimum Gasteiger partial charge on any atom is -0.482 e. The fourth-order valence-corrected chi connectivity index (χ4v) is 4.82. The van der Waals surface area contributed by atoms with Crippen molar-refractivity contribution in [2.75, 3.05) is 18.2 Å². The summed E-state index contributed by atoms with van der Waals surface area (Å²) in [7, 11) is 1.32. The Morgan fingerprint density at radius 1 is 1.25 bits per heavy atom. The van der Waals surface area contributed by atoms with Gasteiger partial charge in [-0.3, -0.25) is 4.79 Å². The van der Waals surface area contributed by atoms with E-state index in [0.29, 0.717) is 28.1 Å². The number of carbonyl (C=O) groups is 2. The van der Waals surface area contributed by atoms with Crippen molar-refractivity contribution in [3.8, 4) is 5.75 Å². The number of aryl methyl sites for hydroxylation is 2. The van der Waals surface area contributed by atoms with Gasteiger partial charge in [-0.2, -0.15) is 0 Å². The number of amides is 1. The molecule has 3 rings (SSSR count). The molecule has 8 nitrogen and oxygen atoms in total. The van der Waals surface area contributed by atoms with Crippen LogP contribution in [-0.2, 0) is 16.1 Å². The highest BCUT2D eigenvalue weighted by Gasteiger charge is 2.21. The average Bonchev–Trinajstić information content (AvgIpc) is 3.36. The van der Waals surface area contributed by atoms with E-state index in [1.807, 2.05) is 56.5 Å². The molecule has 32 heavy (non-hydrogen) atoms. The molecule has 3 aromatic rings. The molecule has 1 N–H and O–H groups in total. The van der Waals surface area contributed by atoms with Crippen LogP contribution in [0.3, 0.4) is 0 Å². The first-order valence-electron chi connectivity index (χ1n) is 10.1. The molecule has 0 aliphatic carbocycles. The van der Waals surface area contributed by atoms with Crippen LogP contribution in [0.25, 0.3) is 0 Å². The van der Waals surface area contributed by atoms with Gasteiger partial charge in [-0.25, -0.2) is 4.79 Å². The van der Waals surface area contributed by atoms with Gasteiger partial charge in [-0.05, 0) is 45.4 Å². The van der Waals surface area contributed by atoms with Gasteiger partial charge in [-0.1, -0.05) is 30.0 Å². The molecule has 1 amide bonds. The molecule has 0 spiro atoms. The van der Waals surface area contributed by atoms with Gasteiger partial charge in [0.25, 0.3) is 0 Å². The lowest BCUT2D eigenvalue weighted by molar-refractivity contribution is -0.113. The first kappa shape index (κ1) is 23.8. The van der Waals surface area contributed by atoms with E-state index in [1.165, 1.54) is 30.2 Å². The molecule has 1 unspecified atom stereocenters. The van der Waals surface area contributed by atoms with Crippen LogP contribution in [0, 0.1) is 13.8 Å². The summed E-state index contributed by atoms with van der Waals surface area (Å²) in [5, 5.41) is 12.5. The number of para-hydroxylation sites is 1. The number of nitrogens with zero attached hydrogens (tertiary/aromatic N) is 3. The smallest absolute Gasteiger partial charge is 0.340 e. The summed E-state index contributed by atoms with van der Waals surface area (Å²) in [6, 6.07) is 9.52. The molecule has 1 aromatic carbocycles. The van der Waals surface area contributed by atoms with Crippen molar-refractivity contribution in [3.05, 3.63) is 52.2 Å². The number of hydrogen-bond donors (Lipinski definition) is 1. The lowest BCUT2D eigenvalue weighted by Gasteiger charge is -2.17. The number of hydrogen-bond acceptors (Lipinski definition) is 8. The highest BCUT2D eigenvalue weighted by molar-refractivity contribution is 7.99. The van der Waals surface area contributed by atoms with Gasteiger partial charge in [0.2, 0.25) is 5.91 Å². The number of esters is 1.